The molecule has 108 valence electrons. The lowest BCUT2D eigenvalue weighted by atomic mass is 10.1. The molecule has 0 aliphatic carbocycles. The zero-order chi connectivity index (χ0) is 15.3. The van der Waals surface area contributed by atoms with Crippen molar-refractivity contribution in [2.24, 2.45) is 0 Å². The number of fused-ring (bicyclic) bond motifs is 1. The lowest BCUT2D eigenvalue weighted by Gasteiger charge is -2.10. The quantitative estimate of drug-likeness (QED) is 0.837. The molecule has 2 aromatic rings. The van der Waals surface area contributed by atoms with E-state index >= 15 is 0 Å². The van der Waals surface area contributed by atoms with Crippen LogP contribution < -0.4 is 5.69 Å². The molecular formula is C14H12ClN3O3. The second kappa shape index (κ2) is 4.65. The number of aliphatic hydroxyl groups excluding tert-OH is 1. The van der Waals surface area contributed by atoms with Gasteiger partial charge in [-0.05, 0) is 31.0 Å². The molecule has 1 atom stereocenters. The molecular weight excluding hydrogens is 294 g/mol. The summed E-state index contributed by atoms with van der Waals surface area (Å²) >= 11 is 6.10. The van der Waals surface area contributed by atoms with Gasteiger partial charge in [0, 0.05) is 6.54 Å². The second-order valence-electron chi connectivity index (χ2n) is 4.97. The van der Waals surface area contributed by atoms with Gasteiger partial charge in [0.25, 0.3) is 0 Å². The van der Waals surface area contributed by atoms with Crippen molar-refractivity contribution in [1.29, 1.82) is 5.26 Å². The maximum atomic E-state index is 12.4. The maximum Gasteiger partial charge on any atom is 0.336 e. The van der Waals surface area contributed by atoms with Gasteiger partial charge < -0.3 is 10.2 Å². The number of rotatable bonds is 1. The van der Waals surface area contributed by atoms with Gasteiger partial charge in [-0.25, -0.2) is 9.36 Å². The Kier molecular flexibility index (Phi) is 3.04. The first-order valence-corrected chi connectivity index (χ1v) is 6.77. The van der Waals surface area contributed by atoms with Gasteiger partial charge in [0.05, 0.1) is 16.3 Å². The molecule has 0 saturated carbocycles. The monoisotopic (exact) mass is 305 g/mol. The first-order valence-electron chi connectivity index (χ1n) is 6.39. The summed E-state index contributed by atoms with van der Waals surface area (Å²) in [6.07, 6.45) is -0.445. The van der Waals surface area contributed by atoms with E-state index in [1.165, 1.54) is 10.6 Å². The van der Waals surface area contributed by atoms with Crippen molar-refractivity contribution in [2.75, 3.05) is 0 Å². The molecule has 0 saturated heterocycles. The van der Waals surface area contributed by atoms with Crippen LogP contribution in [0.4, 0.5) is 0 Å². The molecule has 2 heterocycles. The fourth-order valence-electron chi connectivity index (χ4n) is 2.70. The van der Waals surface area contributed by atoms with Gasteiger partial charge in [0.15, 0.2) is 0 Å². The van der Waals surface area contributed by atoms with Crippen LogP contribution in [-0.4, -0.2) is 19.3 Å². The molecule has 0 fully saturated rings. The Hall–Kier alpha value is -2.23. The van der Waals surface area contributed by atoms with E-state index in [0.717, 1.165) is 4.57 Å². The summed E-state index contributed by atoms with van der Waals surface area (Å²) in [6, 6.07) is 5.02. The Morgan fingerprint density at radius 2 is 2.19 bits per heavy atom. The van der Waals surface area contributed by atoms with Crippen molar-refractivity contribution in [3.63, 3.8) is 0 Å². The van der Waals surface area contributed by atoms with Crippen molar-refractivity contribution in [3.8, 4) is 17.6 Å². The van der Waals surface area contributed by atoms with Gasteiger partial charge in [0.1, 0.15) is 17.9 Å². The van der Waals surface area contributed by atoms with E-state index in [1.54, 1.807) is 13.0 Å². The second-order valence-corrected chi connectivity index (χ2v) is 5.34. The van der Waals surface area contributed by atoms with Crippen molar-refractivity contribution in [2.45, 2.75) is 26.0 Å². The molecule has 1 aromatic carbocycles. The summed E-state index contributed by atoms with van der Waals surface area (Å²) in [5.41, 5.74) is 1.02. The average molecular weight is 306 g/mol. The fraction of sp³-hybridized carbons (Fsp3) is 0.286. The largest absolute Gasteiger partial charge is 0.493 e. The van der Waals surface area contributed by atoms with E-state index in [2.05, 4.69) is 0 Å². The van der Waals surface area contributed by atoms with Gasteiger partial charge in [-0.2, -0.15) is 5.26 Å². The molecule has 1 aromatic heterocycles. The molecule has 0 bridgehead atoms. The van der Waals surface area contributed by atoms with Crippen LogP contribution in [0.25, 0.3) is 5.69 Å². The minimum Gasteiger partial charge on any atom is -0.493 e. The molecule has 1 aliphatic rings. The van der Waals surface area contributed by atoms with Crippen LogP contribution in [0, 0.1) is 18.3 Å². The van der Waals surface area contributed by atoms with Crippen LogP contribution in [0.1, 0.15) is 29.3 Å². The Morgan fingerprint density at radius 3 is 2.81 bits per heavy atom. The Balaban J connectivity index is 2.30. The number of aromatic hydroxyl groups is 1. The number of halogens is 1. The van der Waals surface area contributed by atoms with Crippen molar-refractivity contribution in [3.05, 3.63) is 44.5 Å². The van der Waals surface area contributed by atoms with Crippen LogP contribution >= 0.6 is 11.6 Å². The molecule has 0 radical (unpaired) electrons. The third-order valence-electron chi connectivity index (χ3n) is 3.81. The number of hydrogen-bond acceptors (Lipinski definition) is 4. The zero-order valence-corrected chi connectivity index (χ0v) is 11.9. The molecule has 0 amide bonds. The van der Waals surface area contributed by atoms with Crippen LogP contribution in [0.5, 0.6) is 5.88 Å². The predicted molar refractivity (Wildman–Crippen MR) is 75.7 cm³/mol. The van der Waals surface area contributed by atoms with E-state index in [0.29, 0.717) is 29.8 Å². The zero-order valence-electron chi connectivity index (χ0n) is 11.2. The fourth-order valence-corrected chi connectivity index (χ4v) is 2.91. The molecule has 7 heteroatoms. The van der Waals surface area contributed by atoms with E-state index in [9.17, 15) is 15.0 Å². The highest BCUT2D eigenvalue weighted by atomic mass is 35.5. The molecule has 6 nitrogen and oxygen atoms in total. The van der Waals surface area contributed by atoms with Crippen molar-refractivity contribution in [1.82, 2.24) is 9.13 Å². The summed E-state index contributed by atoms with van der Waals surface area (Å²) in [5, 5.41) is 29.3. The van der Waals surface area contributed by atoms with Crippen LogP contribution in [0.2, 0.25) is 5.02 Å². The van der Waals surface area contributed by atoms with Gasteiger partial charge in [-0.1, -0.05) is 11.6 Å². The standard InChI is InChI=1S/C14H12ClN3O3/c1-7-9(3-2-8(6-16)11(7)15)18-13(20)12-10(19)4-5-17(12)14(18)21/h2-3,10,19-20H,4-5H2,1H3/t10-/m0/s1. The smallest absolute Gasteiger partial charge is 0.336 e. The van der Waals surface area contributed by atoms with Gasteiger partial charge >= 0.3 is 5.69 Å². The van der Waals surface area contributed by atoms with Gasteiger partial charge in [0.2, 0.25) is 5.88 Å². The Labute approximate surface area is 125 Å². The lowest BCUT2D eigenvalue weighted by molar-refractivity contribution is 0.175. The van der Waals surface area contributed by atoms with E-state index in [-0.39, 0.29) is 16.6 Å². The Morgan fingerprint density at radius 1 is 1.48 bits per heavy atom. The topological polar surface area (TPSA) is 91.2 Å². The van der Waals surface area contributed by atoms with Crippen molar-refractivity contribution >= 4 is 11.6 Å². The summed E-state index contributed by atoms with van der Waals surface area (Å²) in [6.45, 7) is 2.03. The third-order valence-corrected chi connectivity index (χ3v) is 4.30. The number of aromatic nitrogens is 2. The number of aliphatic hydroxyl groups is 1. The maximum absolute atomic E-state index is 12.4. The van der Waals surface area contributed by atoms with Crippen LogP contribution in [-0.2, 0) is 6.54 Å². The summed E-state index contributed by atoms with van der Waals surface area (Å²) < 4.78 is 2.46. The SMILES string of the molecule is Cc1c(-n2c(O)c3n(c2=O)CC[C@@H]3O)ccc(C#N)c1Cl. The number of benzene rings is 1. The number of nitrogens with zero attached hydrogens (tertiary/aromatic N) is 3. The highest BCUT2D eigenvalue weighted by Gasteiger charge is 2.31. The normalized spacial score (nSPS) is 16.8. The first-order chi connectivity index (χ1) is 9.97. The number of hydrogen-bond donors (Lipinski definition) is 2. The van der Waals surface area contributed by atoms with Gasteiger partial charge in [-0.3, -0.25) is 4.57 Å². The molecule has 21 heavy (non-hydrogen) atoms. The third kappa shape index (κ3) is 1.78. The van der Waals surface area contributed by atoms with Crippen LogP contribution in [0.15, 0.2) is 16.9 Å². The first kappa shape index (κ1) is 13.7. The Bertz CT molecular complexity index is 845. The van der Waals surface area contributed by atoms with Crippen LogP contribution in [0.3, 0.4) is 0 Å². The minimum atomic E-state index is -0.854. The minimum absolute atomic E-state index is 0.222. The van der Waals surface area contributed by atoms with Gasteiger partial charge in [-0.15, -0.1) is 0 Å². The lowest BCUT2D eigenvalue weighted by Crippen LogP contribution is -2.23. The predicted octanol–water partition coefficient (Wildman–Crippen LogP) is 1.62. The van der Waals surface area contributed by atoms with E-state index in [4.69, 9.17) is 16.9 Å². The molecule has 2 N–H and O–H groups in total. The summed E-state index contributed by atoms with van der Waals surface area (Å²) in [5.74, 6) is -0.283. The summed E-state index contributed by atoms with van der Waals surface area (Å²) in [7, 11) is 0. The molecule has 3 rings (SSSR count). The number of nitriles is 1. The van der Waals surface area contributed by atoms with Crippen molar-refractivity contribution < 1.29 is 10.2 Å². The molecule has 1 aliphatic heterocycles. The van der Waals surface area contributed by atoms with E-state index < -0.39 is 11.8 Å². The van der Waals surface area contributed by atoms with E-state index in [1.807, 2.05) is 6.07 Å². The average Bonchev–Trinajstić information content (AvgIpc) is 2.95. The summed E-state index contributed by atoms with van der Waals surface area (Å²) in [4.78, 5) is 12.4. The molecule has 0 spiro atoms. The highest BCUT2D eigenvalue weighted by Crippen LogP contribution is 2.35. The highest BCUT2D eigenvalue weighted by molar-refractivity contribution is 6.32. The number of imidazole rings is 1. The molecule has 0 unspecified atom stereocenters.